The van der Waals surface area contributed by atoms with E-state index in [-0.39, 0.29) is 6.04 Å². The first-order valence-corrected chi connectivity index (χ1v) is 8.41. The molecule has 0 aliphatic carbocycles. The van der Waals surface area contributed by atoms with Crippen molar-refractivity contribution in [3.05, 3.63) is 17.0 Å². The summed E-state index contributed by atoms with van der Waals surface area (Å²) >= 11 is 6.91. The number of hydrogen-bond acceptors (Lipinski definition) is 4. The van der Waals surface area contributed by atoms with E-state index >= 15 is 0 Å². The molecular formula is C11H18ClNO3S2. The summed E-state index contributed by atoms with van der Waals surface area (Å²) in [6, 6.07) is 3.17. The Kier molecular flexibility index (Phi) is 6.07. The van der Waals surface area contributed by atoms with Gasteiger partial charge in [-0.3, -0.25) is 0 Å². The Balaban J connectivity index is 3.02. The smallest absolute Gasteiger partial charge is 0.252 e. The maximum atomic E-state index is 12.4. The van der Waals surface area contributed by atoms with Crippen LogP contribution in [0, 0.1) is 0 Å². The van der Waals surface area contributed by atoms with Gasteiger partial charge in [0, 0.05) is 24.6 Å². The molecule has 1 aromatic rings. The van der Waals surface area contributed by atoms with Crippen LogP contribution in [-0.2, 0) is 20.6 Å². The van der Waals surface area contributed by atoms with Gasteiger partial charge >= 0.3 is 0 Å². The number of likely N-dealkylation sites (N-methyl/N-ethyl adjacent to an activating group) is 1. The highest BCUT2D eigenvalue weighted by Gasteiger charge is 2.28. The minimum atomic E-state index is -3.45. The van der Waals surface area contributed by atoms with Gasteiger partial charge < -0.3 is 4.74 Å². The van der Waals surface area contributed by atoms with E-state index in [9.17, 15) is 8.42 Å². The van der Waals surface area contributed by atoms with Crippen molar-refractivity contribution in [2.45, 2.75) is 30.0 Å². The fourth-order valence-corrected chi connectivity index (χ4v) is 4.94. The van der Waals surface area contributed by atoms with Crippen LogP contribution in [0.2, 0.25) is 0 Å². The van der Waals surface area contributed by atoms with Crippen molar-refractivity contribution in [1.29, 1.82) is 0 Å². The summed E-state index contributed by atoms with van der Waals surface area (Å²) in [7, 11) is -1.89. The number of methoxy groups -OCH3 is 1. The molecule has 0 aliphatic heterocycles. The van der Waals surface area contributed by atoms with Crippen molar-refractivity contribution in [3.63, 3.8) is 0 Å². The van der Waals surface area contributed by atoms with Crippen LogP contribution in [0.1, 0.15) is 18.7 Å². The fraction of sp³-hybridized carbons (Fsp3) is 0.636. The summed E-state index contributed by atoms with van der Waals surface area (Å²) in [5.74, 6) is 0.333. The molecule has 1 atom stereocenters. The molecular weight excluding hydrogens is 294 g/mol. The summed E-state index contributed by atoms with van der Waals surface area (Å²) in [6.45, 7) is 4.45. The van der Waals surface area contributed by atoms with Crippen LogP contribution in [0.5, 0.6) is 0 Å². The van der Waals surface area contributed by atoms with Crippen LogP contribution in [0.25, 0.3) is 0 Å². The SMILES string of the molecule is CCN(C(C)COC)S(=O)(=O)c1ccc(CCl)s1. The van der Waals surface area contributed by atoms with Gasteiger partial charge in [-0.25, -0.2) is 8.42 Å². The molecule has 0 bridgehead atoms. The average Bonchev–Trinajstić information content (AvgIpc) is 2.79. The zero-order valence-corrected chi connectivity index (χ0v) is 13.1. The number of sulfonamides is 1. The average molecular weight is 312 g/mol. The molecule has 1 unspecified atom stereocenters. The highest BCUT2D eigenvalue weighted by Crippen LogP contribution is 2.27. The number of rotatable bonds is 7. The van der Waals surface area contributed by atoms with E-state index in [2.05, 4.69) is 0 Å². The second kappa shape index (κ2) is 6.86. The van der Waals surface area contributed by atoms with Crippen LogP contribution in [0.3, 0.4) is 0 Å². The van der Waals surface area contributed by atoms with Crippen molar-refractivity contribution < 1.29 is 13.2 Å². The topological polar surface area (TPSA) is 46.6 Å². The summed E-state index contributed by atoms with van der Waals surface area (Å²) in [6.07, 6.45) is 0. The van der Waals surface area contributed by atoms with Crippen molar-refractivity contribution in [1.82, 2.24) is 4.31 Å². The van der Waals surface area contributed by atoms with Crippen LogP contribution >= 0.6 is 22.9 Å². The van der Waals surface area contributed by atoms with Gasteiger partial charge in [0.05, 0.1) is 12.5 Å². The molecule has 18 heavy (non-hydrogen) atoms. The van der Waals surface area contributed by atoms with Crippen LogP contribution in [0.15, 0.2) is 16.3 Å². The molecule has 4 nitrogen and oxygen atoms in total. The van der Waals surface area contributed by atoms with Gasteiger partial charge in [-0.1, -0.05) is 6.92 Å². The van der Waals surface area contributed by atoms with E-state index in [0.29, 0.717) is 23.2 Å². The molecule has 1 aromatic heterocycles. The first-order valence-electron chi connectivity index (χ1n) is 5.62. The first-order chi connectivity index (χ1) is 8.47. The lowest BCUT2D eigenvalue weighted by Gasteiger charge is -2.25. The zero-order valence-electron chi connectivity index (χ0n) is 10.7. The summed E-state index contributed by atoms with van der Waals surface area (Å²) in [5.41, 5.74) is 0. The Hall–Kier alpha value is -0.140. The van der Waals surface area contributed by atoms with Crippen molar-refractivity contribution >= 4 is 33.0 Å². The minimum Gasteiger partial charge on any atom is -0.383 e. The van der Waals surface area contributed by atoms with Crippen molar-refractivity contribution in [2.75, 3.05) is 20.3 Å². The molecule has 0 fully saturated rings. The number of alkyl halides is 1. The highest BCUT2D eigenvalue weighted by atomic mass is 35.5. The van der Waals surface area contributed by atoms with Crippen LogP contribution in [-0.4, -0.2) is 39.0 Å². The van der Waals surface area contributed by atoms with Gasteiger partial charge in [0.2, 0.25) is 0 Å². The lowest BCUT2D eigenvalue weighted by Crippen LogP contribution is -2.40. The van der Waals surface area contributed by atoms with E-state index in [1.165, 1.54) is 15.6 Å². The quantitative estimate of drug-likeness (QED) is 0.727. The molecule has 0 spiro atoms. The van der Waals surface area contributed by atoms with Gasteiger partial charge in [-0.2, -0.15) is 4.31 Å². The number of nitrogens with zero attached hydrogens (tertiary/aromatic N) is 1. The Labute approximate surface area is 118 Å². The number of halogens is 1. The molecule has 104 valence electrons. The Morgan fingerprint density at radius 1 is 1.50 bits per heavy atom. The van der Waals surface area contributed by atoms with E-state index in [1.54, 1.807) is 19.2 Å². The van der Waals surface area contributed by atoms with Gasteiger partial charge in [0.1, 0.15) is 4.21 Å². The maximum absolute atomic E-state index is 12.4. The molecule has 7 heteroatoms. The molecule has 1 rings (SSSR count). The van der Waals surface area contributed by atoms with E-state index in [1.807, 2.05) is 13.8 Å². The third-order valence-corrected chi connectivity index (χ3v) is 6.63. The predicted octanol–water partition coefficient (Wildman–Crippen LogP) is 2.53. The zero-order chi connectivity index (χ0) is 13.8. The van der Waals surface area contributed by atoms with Gasteiger partial charge in [-0.05, 0) is 19.1 Å². The molecule has 0 saturated carbocycles. The number of thiophene rings is 1. The fourth-order valence-electron chi connectivity index (χ4n) is 1.73. The minimum absolute atomic E-state index is 0.188. The maximum Gasteiger partial charge on any atom is 0.252 e. The summed E-state index contributed by atoms with van der Waals surface area (Å²) in [4.78, 5) is 0.852. The standard InChI is InChI=1S/C11H18ClNO3S2/c1-4-13(9(2)8-16-3)18(14,15)11-6-5-10(7-12)17-11/h5-6,9H,4,7-8H2,1-3H3. The van der Waals surface area contributed by atoms with Crippen molar-refractivity contribution in [3.8, 4) is 0 Å². The second-order valence-corrected chi connectivity index (χ2v) is 7.42. The molecule has 0 aromatic carbocycles. The summed E-state index contributed by atoms with van der Waals surface area (Å²) in [5, 5.41) is 0. The second-order valence-electron chi connectivity index (χ2n) is 3.87. The van der Waals surface area contributed by atoms with Gasteiger partial charge in [0.25, 0.3) is 10.0 Å². The number of hydrogen-bond donors (Lipinski definition) is 0. The van der Waals surface area contributed by atoms with Crippen LogP contribution < -0.4 is 0 Å². The third-order valence-electron chi connectivity index (χ3n) is 2.54. The number of ether oxygens (including phenoxy) is 1. The largest absolute Gasteiger partial charge is 0.383 e. The van der Waals surface area contributed by atoms with E-state index in [4.69, 9.17) is 16.3 Å². The molecule has 0 amide bonds. The predicted molar refractivity (Wildman–Crippen MR) is 74.8 cm³/mol. The molecule has 1 heterocycles. The van der Waals surface area contributed by atoms with Gasteiger partial charge in [0.15, 0.2) is 0 Å². The monoisotopic (exact) mass is 311 g/mol. The molecule has 0 saturated heterocycles. The molecule has 0 aliphatic rings. The van der Waals surface area contributed by atoms with Crippen LogP contribution in [0.4, 0.5) is 0 Å². The molecule has 0 radical (unpaired) electrons. The Morgan fingerprint density at radius 2 is 2.17 bits per heavy atom. The lowest BCUT2D eigenvalue weighted by atomic mass is 10.4. The molecule has 0 N–H and O–H groups in total. The highest BCUT2D eigenvalue weighted by molar-refractivity contribution is 7.91. The van der Waals surface area contributed by atoms with Crippen molar-refractivity contribution in [2.24, 2.45) is 0 Å². The normalized spacial score (nSPS) is 14.1. The lowest BCUT2D eigenvalue weighted by molar-refractivity contribution is 0.143. The Bertz CT molecular complexity index is 472. The first kappa shape index (κ1) is 15.9. The van der Waals surface area contributed by atoms with Gasteiger partial charge in [-0.15, -0.1) is 22.9 Å². The van der Waals surface area contributed by atoms with E-state index < -0.39 is 10.0 Å². The third kappa shape index (κ3) is 3.45. The van der Waals surface area contributed by atoms with E-state index in [0.717, 1.165) is 4.88 Å². The summed E-state index contributed by atoms with van der Waals surface area (Å²) < 4.78 is 31.7. The Morgan fingerprint density at radius 3 is 2.61 bits per heavy atom.